The fourth-order valence-electron chi connectivity index (χ4n) is 3.59. The Morgan fingerprint density at radius 1 is 1.28 bits per heavy atom. The second-order valence-corrected chi connectivity index (χ2v) is 8.09. The number of likely N-dealkylation sites (N-methyl/N-ethyl adjacent to an activating group) is 1. The number of fused-ring (bicyclic) bond motifs is 1. The van der Waals surface area contributed by atoms with Crippen LogP contribution in [-0.4, -0.2) is 98.5 Å². The van der Waals surface area contributed by atoms with E-state index in [9.17, 15) is 10.2 Å². The first-order valence-corrected chi connectivity index (χ1v) is 9.96. The number of nitrogens with two attached hydrogens (primary N) is 1. The van der Waals surface area contributed by atoms with Gasteiger partial charge in [0.2, 0.25) is 5.95 Å². The monoisotopic (exact) mass is 410 g/mol. The van der Waals surface area contributed by atoms with Crippen molar-refractivity contribution in [2.24, 2.45) is 0 Å². The number of rotatable bonds is 10. The van der Waals surface area contributed by atoms with Gasteiger partial charge in [0.15, 0.2) is 17.0 Å². The smallest absolute Gasteiger partial charge is 0.207 e. The summed E-state index contributed by atoms with van der Waals surface area (Å²) in [6.45, 7) is 2.42. The first-order chi connectivity index (χ1) is 13.9. The van der Waals surface area contributed by atoms with Crippen molar-refractivity contribution in [3.8, 4) is 0 Å². The molecule has 1 aliphatic heterocycles. The van der Waals surface area contributed by atoms with E-state index in [1.807, 2.05) is 0 Å². The Morgan fingerprint density at radius 2 is 2.07 bits per heavy atom. The number of nitrogens with one attached hydrogen (secondary N) is 1. The van der Waals surface area contributed by atoms with Crippen molar-refractivity contribution in [1.82, 2.24) is 19.5 Å². The summed E-state index contributed by atoms with van der Waals surface area (Å²) < 4.78 is 8.40. The molecule has 1 fully saturated rings. The van der Waals surface area contributed by atoms with Crippen molar-refractivity contribution in [3.05, 3.63) is 6.33 Å². The standard InChI is InChI=1S/C18H32N7O4/c1-25(2,6-3-4-8-26)7-5-20-18-23-15-16(19)21-11-22-17(15)24(18)14-9-12(28)13(10-27)29-14/h11-14,26-28H,3-10H2,1-2H3,(H,20,23)(H2,19,21,22)/q+1/t12-,13+,14+/m0/s1. The van der Waals surface area contributed by atoms with E-state index in [0.717, 1.165) is 30.4 Å². The molecule has 11 nitrogen and oxygen atoms in total. The van der Waals surface area contributed by atoms with Gasteiger partial charge >= 0.3 is 0 Å². The second-order valence-electron chi connectivity index (χ2n) is 8.09. The van der Waals surface area contributed by atoms with Crippen LogP contribution < -0.4 is 11.1 Å². The average molecular weight is 410 g/mol. The third kappa shape index (κ3) is 4.93. The highest BCUT2D eigenvalue weighted by Gasteiger charge is 2.37. The summed E-state index contributed by atoms with van der Waals surface area (Å²) in [4.78, 5) is 12.9. The van der Waals surface area contributed by atoms with Gasteiger partial charge in [-0.15, -0.1) is 0 Å². The first-order valence-electron chi connectivity index (χ1n) is 9.96. The van der Waals surface area contributed by atoms with Gasteiger partial charge < -0.3 is 35.6 Å². The zero-order valence-electron chi connectivity index (χ0n) is 17.0. The molecule has 162 valence electrons. The van der Waals surface area contributed by atoms with E-state index in [4.69, 9.17) is 15.6 Å². The predicted octanol–water partition coefficient (Wildman–Crippen LogP) is -0.690. The number of hydrogen-bond acceptors (Lipinski definition) is 9. The molecule has 2 aromatic heterocycles. The van der Waals surface area contributed by atoms with Crippen LogP contribution >= 0.6 is 0 Å². The largest absolute Gasteiger partial charge is 0.396 e. The van der Waals surface area contributed by atoms with Crippen LogP contribution in [0.25, 0.3) is 11.2 Å². The third-order valence-electron chi connectivity index (χ3n) is 5.35. The summed E-state index contributed by atoms with van der Waals surface area (Å²) >= 11 is 0. The van der Waals surface area contributed by atoms with Crippen LogP contribution in [0.15, 0.2) is 6.33 Å². The average Bonchev–Trinajstić information content (AvgIpc) is 3.22. The minimum absolute atomic E-state index is 0.215. The maximum Gasteiger partial charge on any atom is 0.207 e. The number of ether oxygens (including phenoxy) is 1. The maximum atomic E-state index is 10.1. The van der Waals surface area contributed by atoms with Gasteiger partial charge in [0.25, 0.3) is 0 Å². The molecule has 0 amide bonds. The van der Waals surface area contributed by atoms with E-state index in [1.165, 1.54) is 6.33 Å². The van der Waals surface area contributed by atoms with Crippen molar-refractivity contribution in [1.29, 1.82) is 0 Å². The highest BCUT2D eigenvalue weighted by Crippen LogP contribution is 2.34. The molecule has 0 saturated carbocycles. The molecule has 3 atom stereocenters. The lowest BCUT2D eigenvalue weighted by Gasteiger charge is -2.30. The van der Waals surface area contributed by atoms with Crippen LogP contribution in [-0.2, 0) is 4.74 Å². The Hall–Kier alpha value is -2.05. The minimum atomic E-state index is -0.767. The van der Waals surface area contributed by atoms with Crippen LogP contribution in [0, 0.1) is 0 Å². The number of aliphatic hydroxyl groups excluding tert-OH is 3. The number of nitrogens with zero attached hydrogens (tertiary/aromatic N) is 5. The summed E-state index contributed by atoms with van der Waals surface area (Å²) in [7, 11) is 4.29. The summed E-state index contributed by atoms with van der Waals surface area (Å²) in [5.41, 5.74) is 6.97. The molecule has 3 rings (SSSR count). The molecule has 11 heteroatoms. The fourth-order valence-corrected chi connectivity index (χ4v) is 3.59. The predicted molar refractivity (Wildman–Crippen MR) is 108 cm³/mol. The molecule has 1 aliphatic rings. The van der Waals surface area contributed by atoms with Gasteiger partial charge in [-0.1, -0.05) is 0 Å². The molecule has 0 aromatic carbocycles. The lowest BCUT2D eigenvalue weighted by Crippen LogP contribution is -2.44. The number of hydrogen-bond donors (Lipinski definition) is 5. The van der Waals surface area contributed by atoms with Crippen LogP contribution in [0.3, 0.4) is 0 Å². The Balaban J connectivity index is 1.78. The van der Waals surface area contributed by atoms with Gasteiger partial charge in [-0.25, -0.2) is 15.0 Å². The number of quaternary nitrogens is 1. The van der Waals surface area contributed by atoms with E-state index >= 15 is 0 Å². The quantitative estimate of drug-likeness (QED) is 0.253. The van der Waals surface area contributed by atoms with Crippen molar-refractivity contribution in [2.75, 3.05) is 58.0 Å². The summed E-state index contributed by atoms with van der Waals surface area (Å²) in [6, 6.07) is 0. The highest BCUT2D eigenvalue weighted by molar-refractivity contribution is 5.84. The fraction of sp³-hybridized carbons (Fsp3) is 0.722. The van der Waals surface area contributed by atoms with Crippen LogP contribution in [0.1, 0.15) is 25.5 Å². The maximum absolute atomic E-state index is 10.1. The number of aliphatic hydroxyl groups is 3. The van der Waals surface area contributed by atoms with Crippen LogP contribution in [0.2, 0.25) is 0 Å². The molecule has 0 bridgehead atoms. The Kier molecular flexibility index (Phi) is 6.85. The molecular formula is C18H32N7O4+. The molecule has 3 heterocycles. The zero-order chi connectivity index (χ0) is 21.0. The molecule has 29 heavy (non-hydrogen) atoms. The molecule has 0 radical (unpaired) electrons. The topological polar surface area (TPSA) is 152 Å². The van der Waals surface area contributed by atoms with Gasteiger partial charge in [0.1, 0.15) is 18.7 Å². The van der Waals surface area contributed by atoms with Gasteiger partial charge in [0, 0.05) is 13.0 Å². The van der Waals surface area contributed by atoms with Gasteiger partial charge in [-0.05, 0) is 12.8 Å². The summed E-state index contributed by atoms with van der Waals surface area (Å²) in [6.07, 6.45) is 1.52. The first kappa shape index (κ1) is 21.7. The normalized spacial score (nSPS) is 22.4. The van der Waals surface area contributed by atoms with Crippen molar-refractivity contribution < 1.29 is 24.5 Å². The summed E-state index contributed by atoms with van der Waals surface area (Å²) in [5, 5.41) is 31.9. The van der Waals surface area contributed by atoms with Gasteiger partial charge in [-0.2, -0.15) is 0 Å². The lowest BCUT2D eigenvalue weighted by atomic mass is 10.2. The number of unbranched alkanes of at least 4 members (excludes halogenated alkanes) is 1. The number of imidazole rings is 1. The van der Waals surface area contributed by atoms with E-state index in [-0.39, 0.29) is 19.0 Å². The minimum Gasteiger partial charge on any atom is -0.396 e. The lowest BCUT2D eigenvalue weighted by molar-refractivity contribution is -0.888. The van der Waals surface area contributed by atoms with Crippen molar-refractivity contribution >= 4 is 22.9 Å². The molecule has 0 aliphatic carbocycles. The Morgan fingerprint density at radius 3 is 2.76 bits per heavy atom. The number of nitrogen functional groups attached to an aromatic ring is 1. The van der Waals surface area contributed by atoms with E-state index < -0.39 is 18.4 Å². The van der Waals surface area contributed by atoms with Crippen molar-refractivity contribution in [2.45, 2.75) is 37.7 Å². The van der Waals surface area contributed by atoms with Crippen LogP contribution in [0.4, 0.5) is 11.8 Å². The molecular weight excluding hydrogens is 378 g/mol. The molecule has 1 saturated heterocycles. The SMILES string of the molecule is C[N+](C)(CCCCO)CCNc1nc2c(N)ncnc2n1[C@H]1C[C@H](O)[C@@H](CO)O1. The van der Waals surface area contributed by atoms with Crippen molar-refractivity contribution in [3.63, 3.8) is 0 Å². The second kappa shape index (κ2) is 9.18. The highest BCUT2D eigenvalue weighted by atomic mass is 16.5. The summed E-state index contributed by atoms with van der Waals surface area (Å²) in [5.74, 6) is 0.813. The number of aromatic nitrogens is 4. The van der Waals surface area contributed by atoms with Crippen LogP contribution in [0.5, 0.6) is 0 Å². The molecule has 0 spiro atoms. The molecule has 6 N–H and O–H groups in total. The molecule has 0 unspecified atom stereocenters. The van der Waals surface area contributed by atoms with E-state index in [1.54, 1.807) is 4.57 Å². The molecule has 2 aromatic rings. The van der Waals surface area contributed by atoms with E-state index in [0.29, 0.717) is 30.1 Å². The Bertz CT molecular complexity index is 813. The zero-order valence-corrected chi connectivity index (χ0v) is 17.0. The van der Waals surface area contributed by atoms with Gasteiger partial charge in [0.05, 0.1) is 46.4 Å². The Labute approximate surface area is 169 Å². The van der Waals surface area contributed by atoms with Gasteiger partial charge in [-0.3, -0.25) is 4.57 Å². The number of anilines is 2. The van der Waals surface area contributed by atoms with E-state index in [2.05, 4.69) is 34.4 Å². The third-order valence-corrected chi connectivity index (χ3v) is 5.35.